The summed E-state index contributed by atoms with van der Waals surface area (Å²) < 4.78 is 66.4. The van der Waals surface area contributed by atoms with Crippen LogP contribution in [0, 0.1) is 0 Å². The molecule has 0 aliphatic carbocycles. The number of carboxylic acids is 1. The highest BCUT2D eigenvalue weighted by molar-refractivity contribution is 6.31. The predicted molar refractivity (Wildman–Crippen MR) is 134 cm³/mol. The molecule has 1 unspecified atom stereocenters. The van der Waals surface area contributed by atoms with Gasteiger partial charge in [-0.1, -0.05) is 23.7 Å². The number of carboxylic acid groups (broad SMARTS) is 1. The number of aromatic nitrogens is 4. The fourth-order valence-corrected chi connectivity index (χ4v) is 4.77. The van der Waals surface area contributed by atoms with Gasteiger partial charge in [-0.15, -0.1) is 0 Å². The van der Waals surface area contributed by atoms with Crippen LogP contribution in [-0.2, 0) is 16.8 Å². The maximum absolute atomic E-state index is 13.6. The maximum Gasteiger partial charge on any atom is 0.453 e. The summed E-state index contributed by atoms with van der Waals surface area (Å²) in [7, 11) is 0. The first kappa shape index (κ1) is 27.2. The van der Waals surface area contributed by atoms with Gasteiger partial charge in [-0.05, 0) is 42.8 Å². The molecule has 1 aliphatic rings. The van der Waals surface area contributed by atoms with Crippen LogP contribution >= 0.6 is 11.6 Å². The van der Waals surface area contributed by atoms with Crippen LogP contribution in [-0.4, -0.2) is 48.8 Å². The summed E-state index contributed by atoms with van der Waals surface area (Å²) in [4.78, 5) is 33.0. The number of alkyl halides is 5. The van der Waals surface area contributed by atoms with Crippen molar-refractivity contribution in [3.8, 4) is 11.5 Å². The number of benzene rings is 2. The van der Waals surface area contributed by atoms with Gasteiger partial charge in [0.25, 0.3) is 0 Å². The van der Waals surface area contributed by atoms with E-state index in [-0.39, 0.29) is 44.8 Å². The summed E-state index contributed by atoms with van der Waals surface area (Å²) in [6.45, 7) is 0.765. The molecule has 0 bridgehead atoms. The van der Waals surface area contributed by atoms with E-state index in [9.17, 15) is 36.6 Å². The van der Waals surface area contributed by atoms with Gasteiger partial charge in [-0.3, -0.25) is 9.48 Å². The number of rotatable bonds is 6. The molecule has 208 valence electrons. The normalized spacial score (nSPS) is 17.2. The fraction of sp³-hybridized carbons (Fsp3) is 0.240. The van der Waals surface area contributed by atoms with E-state index in [1.165, 1.54) is 42.5 Å². The van der Waals surface area contributed by atoms with Crippen molar-refractivity contribution >= 4 is 46.0 Å². The number of amides is 1. The van der Waals surface area contributed by atoms with Crippen molar-refractivity contribution in [2.24, 2.45) is 0 Å². The van der Waals surface area contributed by atoms with Gasteiger partial charge >= 0.3 is 18.1 Å². The molecule has 0 spiro atoms. The second-order valence-corrected chi connectivity index (χ2v) is 9.74. The Balaban J connectivity index is 1.59. The lowest BCUT2D eigenvalue weighted by Crippen LogP contribution is -2.37. The topological polar surface area (TPSA) is 136 Å². The molecule has 4 N–H and O–H groups in total. The summed E-state index contributed by atoms with van der Waals surface area (Å²) in [5.74, 6) is -6.80. The number of carbonyl (C=O) groups is 2. The maximum atomic E-state index is 13.6. The number of nitrogen functional groups attached to an aromatic ring is 1. The van der Waals surface area contributed by atoms with E-state index in [0.717, 1.165) is 4.68 Å². The molecule has 5 rings (SSSR count). The third kappa shape index (κ3) is 4.28. The van der Waals surface area contributed by atoms with Gasteiger partial charge < -0.3 is 16.2 Å². The molecular weight excluding hydrogens is 563 g/mol. The van der Waals surface area contributed by atoms with Crippen molar-refractivity contribution in [3.05, 3.63) is 64.2 Å². The Morgan fingerprint density at radius 2 is 1.80 bits per heavy atom. The summed E-state index contributed by atoms with van der Waals surface area (Å²) in [6.07, 6.45) is -7.30. The fourth-order valence-electron chi connectivity index (χ4n) is 4.61. The van der Waals surface area contributed by atoms with Crippen molar-refractivity contribution in [1.82, 2.24) is 19.7 Å². The van der Waals surface area contributed by atoms with Crippen LogP contribution < -0.4 is 11.1 Å². The summed E-state index contributed by atoms with van der Waals surface area (Å²) in [5, 5.41) is 16.5. The van der Waals surface area contributed by atoms with Crippen LogP contribution in [0.2, 0.25) is 5.02 Å². The van der Waals surface area contributed by atoms with E-state index in [0.29, 0.717) is 10.9 Å². The summed E-state index contributed by atoms with van der Waals surface area (Å²) in [5.41, 5.74) is 5.74. The Morgan fingerprint density at radius 3 is 2.42 bits per heavy atom. The Labute approximate surface area is 226 Å². The van der Waals surface area contributed by atoms with Crippen LogP contribution in [0.5, 0.6) is 0 Å². The Kier molecular flexibility index (Phi) is 6.21. The molecule has 0 radical (unpaired) electrons. The van der Waals surface area contributed by atoms with Crippen LogP contribution in [0.25, 0.3) is 22.4 Å². The number of fused-ring (bicyclic) bond motifs is 2. The third-order valence-corrected chi connectivity index (χ3v) is 7.05. The van der Waals surface area contributed by atoms with Crippen LogP contribution in [0.15, 0.2) is 42.5 Å². The largest absolute Gasteiger partial charge is 0.478 e. The van der Waals surface area contributed by atoms with E-state index in [1.54, 1.807) is 6.92 Å². The molecule has 15 heteroatoms. The minimum atomic E-state index is -5.73. The zero-order valence-corrected chi connectivity index (χ0v) is 21.1. The van der Waals surface area contributed by atoms with Gasteiger partial charge in [0.15, 0.2) is 5.82 Å². The Hall–Kier alpha value is -4.33. The molecule has 9 nitrogen and oxygen atoms in total. The standard InChI is InChI=1S/C25H18ClF5N6O3/c1-23(12-4-2-11(3-5-12)21(38)39)16-18(32)33-20(34-19(16)35-22(23)40)17-14-7-6-13(26)10-15(14)37(36-17)9-8-24(27,28)25(29,30)31/h2-7,10H,8-9H2,1H3,(H,38,39)(H3,32,33,34,35,40). The van der Waals surface area contributed by atoms with Crippen molar-refractivity contribution in [2.75, 3.05) is 11.1 Å². The van der Waals surface area contributed by atoms with Crippen molar-refractivity contribution < 1.29 is 36.6 Å². The molecule has 0 fully saturated rings. The smallest absolute Gasteiger partial charge is 0.453 e. The second-order valence-electron chi connectivity index (χ2n) is 9.30. The van der Waals surface area contributed by atoms with Crippen molar-refractivity contribution in [3.63, 3.8) is 0 Å². The lowest BCUT2D eigenvalue weighted by Gasteiger charge is -2.23. The number of carbonyl (C=O) groups excluding carboxylic acids is 1. The quantitative estimate of drug-likeness (QED) is 0.264. The van der Waals surface area contributed by atoms with E-state index in [4.69, 9.17) is 17.3 Å². The minimum Gasteiger partial charge on any atom is -0.478 e. The molecule has 1 amide bonds. The number of aromatic carboxylic acids is 1. The van der Waals surface area contributed by atoms with Gasteiger partial charge in [0.2, 0.25) is 5.91 Å². The number of hydrogen-bond acceptors (Lipinski definition) is 6. The van der Waals surface area contributed by atoms with E-state index in [1.807, 2.05) is 0 Å². The number of anilines is 2. The molecule has 2 aromatic carbocycles. The van der Waals surface area contributed by atoms with Gasteiger partial charge in [0.05, 0.1) is 16.6 Å². The van der Waals surface area contributed by atoms with Crippen LogP contribution in [0.3, 0.4) is 0 Å². The molecule has 2 aromatic heterocycles. The highest BCUT2D eigenvalue weighted by atomic mass is 35.5. The summed E-state index contributed by atoms with van der Waals surface area (Å²) >= 11 is 6.04. The molecule has 4 aromatic rings. The average molecular weight is 581 g/mol. The number of nitrogens with one attached hydrogen (secondary N) is 1. The number of nitrogens with zero attached hydrogens (tertiary/aromatic N) is 4. The monoisotopic (exact) mass is 580 g/mol. The second kappa shape index (κ2) is 9.11. The number of halogens is 6. The lowest BCUT2D eigenvalue weighted by atomic mass is 9.77. The Bertz CT molecular complexity index is 1690. The van der Waals surface area contributed by atoms with E-state index >= 15 is 0 Å². The summed E-state index contributed by atoms with van der Waals surface area (Å²) in [6, 6.07) is 9.94. The van der Waals surface area contributed by atoms with Crippen LogP contribution in [0.1, 0.15) is 34.8 Å². The first-order valence-electron chi connectivity index (χ1n) is 11.6. The average Bonchev–Trinajstić information content (AvgIpc) is 3.36. The third-order valence-electron chi connectivity index (χ3n) is 6.81. The molecule has 1 atom stereocenters. The number of aryl methyl sites for hydroxylation is 1. The highest BCUT2D eigenvalue weighted by Gasteiger charge is 2.56. The number of hydrogen-bond donors (Lipinski definition) is 3. The molecule has 0 saturated carbocycles. The van der Waals surface area contributed by atoms with Crippen molar-refractivity contribution in [1.29, 1.82) is 0 Å². The molecule has 1 aliphatic heterocycles. The predicted octanol–water partition coefficient (Wildman–Crippen LogP) is 5.27. The number of nitrogens with two attached hydrogens (primary N) is 1. The molecule has 0 saturated heterocycles. The molecule has 3 heterocycles. The SMILES string of the molecule is CC1(c2ccc(C(=O)O)cc2)C(=O)Nc2nc(-c3nn(CCC(F)(F)C(F)(F)F)c4cc(Cl)ccc34)nc(N)c21. The molecule has 40 heavy (non-hydrogen) atoms. The van der Waals surface area contributed by atoms with Gasteiger partial charge in [0, 0.05) is 23.4 Å². The molecular formula is C25H18ClF5N6O3. The highest BCUT2D eigenvalue weighted by Crippen LogP contribution is 2.45. The van der Waals surface area contributed by atoms with Crippen LogP contribution in [0.4, 0.5) is 33.6 Å². The van der Waals surface area contributed by atoms with E-state index < -0.39 is 42.4 Å². The minimum absolute atomic E-state index is 0.0149. The lowest BCUT2D eigenvalue weighted by molar-refractivity contribution is -0.285. The van der Waals surface area contributed by atoms with Gasteiger partial charge in [-0.25, -0.2) is 14.8 Å². The van der Waals surface area contributed by atoms with Gasteiger partial charge in [-0.2, -0.15) is 27.1 Å². The van der Waals surface area contributed by atoms with E-state index in [2.05, 4.69) is 20.4 Å². The zero-order valence-electron chi connectivity index (χ0n) is 20.4. The van der Waals surface area contributed by atoms with Gasteiger partial charge in [0.1, 0.15) is 22.7 Å². The zero-order chi connectivity index (χ0) is 29.2. The Morgan fingerprint density at radius 1 is 1.12 bits per heavy atom. The van der Waals surface area contributed by atoms with Crippen molar-refractivity contribution in [2.45, 2.75) is 37.4 Å². The first-order chi connectivity index (χ1) is 18.6. The first-order valence-corrected chi connectivity index (χ1v) is 12.0.